The van der Waals surface area contributed by atoms with Gasteiger partial charge < -0.3 is 5.73 Å². The number of benzene rings is 1. The van der Waals surface area contributed by atoms with Crippen LogP contribution in [0.1, 0.15) is 23.5 Å². The van der Waals surface area contributed by atoms with Gasteiger partial charge >= 0.3 is 0 Å². The van der Waals surface area contributed by atoms with Gasteiger partial charge in [0.2, 0.25) is 0 Å². The molecule has 0 spiro atoms. The molecule has 2 N–H and O–H groups in total. The molecule has 0 amide bonds. The average molecular weight is 158 g/mol. The summed E-state index contributed by atoms with van der Waals surface area (Å²) in [6.45, 7) is 0. The molecule has 0 aliphatic heterocycles. The highest BCUT2D eigenvalue weighted by Gasteiger charge is 2.36. The van der Waals surface area contributed by atoms with Crippen LogP contribution in [-0.4, -0.2) is 6.04 Å². The Morgan fingerprint density at radius 2 is 2.08 bits per heavy atom. The van der Waals surface area contributed by atoms with Crippen LogP contribution < -0.4 is 5.73 Å². The van der Waals surface area contributed by atoms with Gasteiger partial charge in [0, 0.05) is 12.0 Å². The van der Waals surface area contributed by atoms with E-state index in [-0.39, 0.29) is 6.04 Å². The van der Waals surface area contributed by atoms with Gasteiger partial charge in [0.05, 0.1) is 11.6 Å². The molecule has 0 aromatic heterocycles. The van der Waals surface area contributed by atoms with Crippen LogP contribution in [0.4, 0.5) is 0 Å². The van der Waals surface area contributed by atoms with Crippen molar-refractivity contribution in [2.75, 3.05) is 0 Å². The minimum Gasteiger partial charge on any atom is -0.327 e. The first-order valence-electron chi connectivity index (χ1n) is 4.07. The van der Waals surface area contributed by atoms with E-state index >= 15 is 0 Å². The van der Waals surface area contributed by atoms with Crippen LogP contribution in [-0.2, 0) is 0 Å². The predicted octanol–water partition coefficient (Wildman–Crippen LogP) is 1.37. The molecule has 2 unspecified atom stereocenters. The zero-order valence-electron chi connectivity index (χ0n) is 6.70. The third kappa shape index (κ3) is 1.09. The van der Waals surface area contributed by atoms with Gasteiger partial charge in [0.25, 0.3) is 0 Å². The molecule has 60 valence electrons. The predicted molar refractivity (Wildman–Crippen MR) is 46.5 cm³/mol. The molecule has 1 aromatic rings. The summed E-state index contributed by atoms with van der Waals surface area (Å²) in [5, 5.41) is 8.79. The minimum atomic E-state index is 0.277. The summed E-state index contributed by atoms with van der Waals surface area (Å²) < 4.78 is 0. The number of hydrogen-bond donors (Lipinski definition) is 1. The summed E-state index contributed by atoms with van der Waals surface area (Å²) >= 11 is 0. The summed E-state index contributed by atoms with van der Waals surface area (Å²) in [5.41, 5.74) is 7.60. The molecule has 0 heterocycles. The van der Waals surface area contributed by atoms with Gasteiger partial charge in [0.1, 0.15) is 0 Å². The van der Waals surface area contributed by atoms with Crippen LogP contribution >= 0.6 is 0 Å². The Morgan fingerprint density at radius 1 is 1.42 bits per heavy atom. The molecule has 2 rings (SSSR count). The molecule has 2 atom stereocenters. The third-order valence-corrected chi connectivity index (χ3v) is 2.32. The first kappa shape index (κ1) is 7.33. The quantitative estimate of drug-likeness (QED) is 0.671. The van der Waals surface area contributed by atoms with Gasteiger partial charge in [-0.15, -0.1) is 0 Å². The van der Waals surface area contributed by atoms with Crippen molar-refractivity contribution in [3.8, 4) is 6.07 Å². The smallest absolute Gasteiger partial charge is 0.0994 e. The van der Waals surface area contributed by atoms with Crippen LogP contribution in [0.3, 0.4) is 0 Å². The van der Waals surface area contributed by atoms with Gasteiger partial charge in [-0.3, -0.25) is 0 Å². The van der Waals surface area contributed by atoms with E-state index in [2.05, 4.69) is 6.07 Å². The van der Waals surface area contributed by atoms with Crippen LogP contribution in [0.25, 0.3) is 0 Å². The summed E-state index contributed by atoms with van der Waals surface area (Å²) in [5.74, 6) is 0.431. The van der Waals surface area contributed by atoms with Crippen molar-refractivity contribution >= 4 is 0 Å². The van der Waals surface area contributed by atoms with E-state index in [4.69, 9.17) is 11.0 Å². The first-order valence-corrected chi connectivity index (χ1v) is 4.07. The standard InChI is InChI=1S/C10H10N2/c11-6-7-3-1-2-4-8(7)9-5-10(9)12/h1-4,9-10H,5,12H2. The Labute approximate surface area is 71.6 Å². The Kier molecular flexibility index (Phi) is 1.60. The molecule has 0 saturated heterocycles. The molecular weight excluding hydrogens is 148 g/mol. The molecule has 12 heavy (non-hydrogen) atoms. The molecule has 1 saturated carbocycles. The fraction of sp³-hybridized carbons (Fsp3) is 0.300. The van der Waals surface area contributed by atoms with E-state index in [0.717, 1.165) is 17.5 Å². The molecule has 2 nitrogen and oxygen atoms in total. The molecule has 0 bridgehead atoms. The van der Waals surface area contributed by atoms with Crippen molar-refractivity contribution in [1.29, 1.82) is 5.26 Å². The highest BCUT2D eigenvalue weighted by atomic mass is 14.7. The lowest BCUT2D eigenvalue weighted by atomic mass is 10.0. The largest absolute Gasteiger partial charge is 0.327 e. The van der Waals surface area contributed by atoms with Crippen molar-refractivity contribution in [2.45, 2.75) is 18.4 Å². The minimum absolute atomic E-state index is 0.277. The van der Waals surface area contributed by atoms with E-state index in [0.29, 0.717) is 5.92 Å². The maximum atomic E-state index is 8.79. The number of rotatable bonds is 1. The van der Waals surface area contributed by atoms with Crippen molar-refractivity contribution in [3.05, 3.63) is 35.4 Å². The second-order valence-corrected chi connectivity index (χ2v) is 3.21. The van der Waals surface area contributed by atoms with E-state index < -0.39 is 0 Å². The molecule has 0 radical (unpaired) electrons. The van der Waals surface area contributed by atoms with Crippen LogP contribution in [0, 0.1) is 11.3 Å². The Hall–Kier alpha value is -1.33. The summed E-state index contributed by atoms with van der Waals surface area (Å²) in [6, 6.07) is 10.1. The van der Waals surface area contributed by atoms with Crippen LogP contribution in [0.5, 0.6) is 0 Å². The Morgan fingerprint density at radius 3 is 2.67 bits per heavy atom. The Bertz CT molecular complexity index is 338. The number of nitrogens with zero attached hydrogens (tertiary/aromatic N) is 1. The molecule has 1 fully saturated rings. The maximum absolute atomic E-state index is 8.79. The van der Waals surface area contributed by atoms with E-state index in [1.54, 1.807) is 0 Å². The maximum Gasteiger partial charge on any atom is 0.0994 e. The highest BCUT2D eigenvalue weighted by Crippen LogP contribution is 2.40. The van der Waals surface area contributed by atoms with Crippen LogP contribution in [0.2, 0.25) is 0 Å². The Balaban J connectivity index is 2.38. The van der Waals surface area contributed by atoms with Crippen LogP contribution in [0.15, 0.2) is 24.3 Å². The van der Waals surface area contributed by atoms with Gasteiger partial charge in [-0.2, -0.15) is 5.26 Å². The number of nitriles is 1. The average Bonchev–Trinajstić information content (AvgIpc) is 2.83. The first-order chi connectivity index (χ1) is 5.83. The van der Waals surface area contributed by atoms with Gasteiger partial charge in [0.15, 0.2) is 0 Å². The fourth-order valence-electron chi connectivity index (χ4n) is 1.49. The van der Waals surface area contributed by atoms with Crippen molar-refractivity contribution in [1.82, 2.24) is 0 Å². The molecule has 1 aliphatic rings. The molecule has 1 aromatic carbocycles. The van der Waals surface area contributed by atoms with Crippen molar-refractivity contribution in [2.24, 2.45) is 5.73 Å². The number of hydrogen-bond acceptors (Lipinski definition) is 2. The van der Waals surface area contributed by atoms with Crippen molar-refractivity contribution < 1.29 is 0 Å². The second kappa shape index (κ2) is 2.62. The summed E-state index contributed by atoms with van der Waals surface area (Å²) in [6.07, 6.45) is 1.03. The molecule has 2 heteroatoms. The lowest BCUT2D eigenvalue weighted by Gasteiger charge is -1.99. The third-order valence-electron chi connectivity index (χ3n) is 2.32. The van der Waals surface area contributed by atoms with E-state index in [9.17, 15) is 0 Å². The molecule has 1 aliphatic carbocycles. The van der Waals surface area contributed by atoms with Gasteiger partial charge in [-0.25, -0.2) is 0 Å². The lowest BCUT2D eigenvalue weighted by Crippen LogP contribution is -2.01. The van der Waals surface area contributed by atoms with Gasteiger partial charge in [-0.05, 0) is 18.1 Å². The topological polar surface area (TPSA) is 49.8 Å². The van der Waals surface area contributed by atoms with Crippen molar-refractivity contribution in [3.63, 3.8) is 0 Å². The zero-order chi connectivity index (χ0) is 8.55. The fourth-order valence-corrected chi connectivity index (χ4v) is 1.49. The highest BCUT2D eigenvalue weighted by molar-refractivity contribution is 5.42. The molecular formula is C10H10N2. The normalized spacial score (nSPS) is 26.3. The number of nitrogens with two attached hydrogens (primary N) is 1. The summed E-state index contributed by atoms with van der Waals surface area (Å²) in [7, 11) is 0. The van der Waals surface area contributed by atoms with Gasteiger partial charge in [-0.1, -0.05) is 18.2 Å². The zero-order valence-corrected chi connectivity index (χ0v) is 6.70. The lowest BCUT2D eigenvalue weighted by molar-refractivity contribution is 0.987. The van der Waals surface area contributed by atoms with E-state index in [1.165, 1.54) is 0 Å². The second-order valence-electron chi connectivity index (χ2n) is 3.21. The monoisotopic (exact) mass is 158 g/mol. The summed E-state index contributed by atoms with van der Waals surface area (Å²) in [4.78, 5) is 0. The van der Waals surface area contributed by atoms with E-state index in [1.807, 2.05) is 24.3 Å². The SMILES string of the molecule is N#Cc1ccccc1C1CC1N.